The Balaban J connectivity index is 1.81. The number of nitrogens with one attached hydrogen (secondary N) is 3. The maximum absolute atomic E-state index is 12.7. The minimum atomic E-state index is -3.76. The van der Waals surface area contributed by atoms with Gasteiger partial charge in [-0.05, 0) is 12.0 Å². The Kier molecular flexibility index (Phi) is 5.59. The number of aromatic nitrogens is 2. The Hall–Kier alpha value is -2.07. The van der Waals surface area contributed by atoms with Crippen LogP contribution in [0.15, 0.2) is 36.5 Å². The number of benzene rings is 1. The van der Waals surface area contributed by atoms with Gasteiger partial charge in [0.1, 0.15) is 6.20 Å². The molecule has 0 unspecified atom stereocenters. The van der Waals surface area contributed by atoms with Gasteiger partial charge < -0.3 is 5.32 Å². The lowest BCUT2D eigenvalue weighted by molar-refractivity contribution is 0.0951. The number of rotatable bonds is 7. The molecule has 1 aromatic carbocycles. The highest BCUT2D eigenvalue weighted by atomic mass is 32.2. The van der Waals surface area contributed by atoms with Gasteiger partial charge in [0.15, 0.2) is 5.78 Å². The summed E-state index contributed by atoms with van der Waals surface area (Å²) in [6.07, 6.45) is 4.23. The third kappa shape index (κ3) is 4.51. The molecule has 1 aliphatic heterocycles. The predicted octanol–water partition coefficient (Wildman–Crippen LogP) is -0.257. The molecule has 1 radical (unpaired) electrons. The topological polar surface area (TPSA) is 107 Å². The van der Waals surface area contributed by atoms with E-state index in [2.05, 4.69) is 26.4 Å². The quantitative estimate of drug-likeness (QED) is 0.589. The number of ketones is 1. The molecule has 0 spiro atoms. The normalized spacial score (nSPS) is 17.3. The third-order valence-electron chi connectivity index (χ3n) is 4.02. The summed E-state index contributed by atoms with van der Waals surface area (Å²) in [5, 5.41) is 9.29. The van der Waals surface area contributed by atoms with Crippen LogP contribution in [0.25, 0.3) is 0 Å². The Labute approximate surface area is 146 Å². The molecule has 1 fully saturated rings. The zero-order valence-corrected chi connectivity index (χ0v) is 14.4. The molecule has 8 nitrogen and oxygen atoms in total. The van der Waals surface area contributed by atoms with E-state index in [4.69, 9.17) is 0 Å². The first-order valence-electron chi connectivity index (χ1n) is 8.04. The number of nitrogens with zero attached hydrogens (tertiary/aromatic N) is 2. The van der Waals surface area contributed by atoms with Crippen molar-refractivity contribution in [3.05, 3.63) is 53.9 Å². The Morgan fingerprint density at radius 1 is 1.28 bits per heavy atom. The van der Waals surface area contributed by atoms with Gasteiger partial charge in [-0.1, -0.05) is 30.3 Å². The van der Waals surface area contributed by atoms with E-state index in [0.29, 0.717) is 26.2 Å². The summed E-state index contributed by atoms with van der Waals surface area (Å²) >= 11 is 0. The standard InChI is InChI=1S/C16H20N5O3S/c22-16(14-11-18-19-12-14)15(10-13-4-2-1-3-5-13)20-25(23,24)21-8-6-17-7-9-21/h1-5,11,15,17,20H,6-10H2,(H,18,19)/t15-/m0/s1. The van der Waals surface area contributed by atoms with Crippen molar-refractivity contribution in [2.75, 3.05) is 26.2 Å². The summed E-state index contributed by atoms with van der Waals surface area (Å²) in [6.45, 7) is 1.93. The lowest BCUT2D eigenvalue weighted by atomic mass is 10.0. The van der Waals surface area contributed by atoms with Crippen molar-refractivity contribution >= 4 is 16.0 Å². The van der Waals surface area contributed by atoms with Crippen LogP contribution in [0.2, 0.25) is 0 Å². The van der Waals surface area contributed by atoms with Crippen LogP contribution in [-0.2, 0) is 16.6 Å². The van der Waals surface area contributed by atoms with Gasteiger partial charge >= 0.3 is 0 Å². The van der Waals surface area contributed by atoms with Crippen molar-refractivity contribution in [2.24, 2.45) is 0 Å². The van der Waals surface area contributed by atoms with Gasteiger partial charge in [-0.3, -0.25) is 9.89 Å². The summed E-state index contributed by atoms with van der Waals surface area (Å²) in [5.41, 5.74) is 1.09. The largest absolute Gasteiger partial charge is 0.314 e. The van der Waals surface area contributed by atoms with Crippen molar-refractivity contribution in [2.45, 2.75) is 12.5 Å². The number of carbonyl (C=O) groups is 1. The van der Waals surface area contributed by atoms with Crippen LogP contribution in [0.3, 0.4) is 0 Å². The van der Waals surface area contributed by atoms with E-state index in [1.165, 1.54) is 10.5 Å². The molecule has 3 rings (SSSR count). The highest BCUT2D eigenvalue weighted by Crippen LogP contribution is 2.11. The highest BCUT2D eigenvalue weighted by molar-refractivity contribution is 7.87. The van der Waals surface area contributed by atoms with Crippen LogP contribution in [0.5, 0.6) is 0 Å². The molecule has 1 atom stereocenters. The molecule has 25 heavy (non-hydrogen) atoms. The van der Waals surface area contributed by atoms with Gasteiger partial charge in [-0.25, -0.2) is 0 Å². The lowest BCUT2D eigenvalue weighted by Crippen LogP contribution is -2.54. The summed E-state index contributed by atoms with van der Waals surface area (Å²) in [6, 6.07) is 8.37. The smallest absolute Gasteiger partial charge is 0.280 e. The van der Waals surface area contributed by atoms with Crippen molar-refractivity contribution in [3.8, 4) is 0 Å². The SMILES string of the molecule is O=C(c1[c]n[nH]c1)[C@H](Cc1ccccc1)NS(=O)(=O)N1CCNCC1. The van der Waals surface area contributed by atoms with Crippen LogP contribution < -0.4 is 10.0 Å². The monoisotopic (exact) mass is 362 g/mol. The zero-order valence-electron chi connectivity index (χ0n) is 13.6. The van der Waals surface area contributed by atoms with Crippen molar-refractivity contribution < 1.29 is 13.2 Å². The van der Waals surface area contributed by atoms with Crippen LogP contribution in [0.4, 0.5) is 0 Å². The first kappa shape index (κ1) is 17.7. The molecule has 0 saturated carbocycles. The second-order valence-corrected chi connectivity index (χ2v) is 7.49. The molecule has 2 heterocycles. The predicted molar refractivity (Wildman–Crippen MR) is 92.2 cm³/mol. The number of carbonyl (C=O) groups excluding carboxylic acids is 1. The van der Waals surface area contributed by atoms with E-state index < -0.39 is 16.3 Å². The molecule has 1 aromatic heterocycles. The van der Waals surface area contributed by atoms with Gasteiger partial charge in [0.05, 0.1) is 11.6 Å². The summed E-state index contributed by atoms with van der Waals surface area (Å²) < 4.78 is 29.2. The van der Waals surface area contributed by atoms with E-state index in [0.717, 1.165) is 5.56 Å². The first-order chi connectivity index (χ1) is 12.1. The van der Waals surface area contributed by atoms with E-state index in [-0.39, 0.29) is 17.8 Å². The van der Waals surface area contributed by atoms with E-state index >= 15 is 0 Å². The minimum absolute atomic E-state index is 0.226. The summed E-state index contributed by atoms with van der Waals surface area (Å²) in [7, 11) is -3.76. The van der Waals surface area contributed by atoms with Gasteiger partial charge in [0.25, 0.3) is 10.2 Å². The van der Waals surface area contributed by atoms with Crippen molar-refractivity contribution in [3.63, 3.8) is 0 Å². The van der Waals surface area contributed by atoms with Gasteiger partial charge in [-0.2, -0.15) is 22.5 Å². The molecule has 1 aliphatic rings. The maximum atomic E-state index is 12.7. The molecular formula is C16H20N5O3S. The summed E-state index contributed by atoms with van der Waals surface area (Å²) in [5.74, 6) is -0.365. The van der Waals surface area contributed by atoms with Crippen molar-refractivity contribution in [1.82, 2.24) is 24.5 Å². The second kappa shape index (κ2) is 7.87. The zero-order chi connectivity index (χ0) is 17.7. The molecule has 133 valence electrons. The van der Waals surface area contributed by atoms with Crippen LogP contribution in [-0.4, -0.2) is 60.9 Å². The molecular weight excluding hydrogens is 342 g/mol. The van der Waals surface area contributed by atoms with E-state index in [9.17, 15) is 13.2 Å². The third-order valence-corrected chi connectivity index (χ3v) is 5.65. The number of hydrogen-bond acceptors (Lipinski definition) is 5. The number of H-pyrrole nitrogens is 1. The molecule has 9 heteroatoms. The van der Waals surface area contributed by atoms with Gasteiger partial charge in [0.2, 0.25) is 0 Å². The average Bonchev–Trinajstić information content (AvgIpc) is 3.17. The van der Waals surface area contributed by atoms with Crippen LogP contribution >= 0.6 is 0 Å². The minimum Gasteiger partial charge on any atom is -0.314 e. The van der Waals surface area contributed by atoms with Crippen LogP contribution in [0.1, 0.15) is 15.9 Å². The average molecular weight is 362 g/mol. The number of hydrogen-bond donors (Lipinski definition) is 3. The van der Waals surface area contributed by atoms with Gasteiger partial charge in [0, 0.05) is 32.4 Å². The Morgan fingerprint density at radius 3 is 2.64 bits per heavy atom. The molecule has 3 N–H and O–H groups in total. The van der Waals surface area contributed by atoms with Gasteiger partial charge in [-0.15, -0.1) is 0 Å². The summed E-state index contributed by atoms with van der Waals surface area (Å²) in [4.78, 5) is 12.7. The lowest BCUT2D eigenvalue weighted by Gasteiger charge is -2.28. The fourth-order valence-corrected chi connectivity index (χ4v) is 4.07. The van der Waals surface area contributed by atoms with Crippen molar-refractivity contribution in [1.29, 1.82) is 0 Å². The van der Waals surface area contributed by atoms with Crippen LogP contribution in [0, 0.1) is 6.20 Å². The highest BCUT2D eigenvalue weighted by Gasteiger charge is 2.31. The van der Waals surface area contributed by atoms with E-state index in [1.54, 1.807) is 0 Å². The fraction of sp³-hybridized carbons (Fsp3) is 0.375. The molecule has 0 amide bonds. The molecule has 2 aromatic rings. The number of Topliss-reactive ketones (excluding diaryl/α,β-unsaturated/α-hetero) is 1. The molecule has 0 bridgehead atoms. The maximum Gasteiger partial charge on any atom is 0.280 e. The second-order valence-electron chi connectivity index (χ2n) is 5.79. The Morgan fingerprint density at radius 2 is 2.00 bits per heavy atom. The first-order valence-corrected chi connectivity index (χ1v) is 9.48. The van der Waals surface area contributed by atoms with E-state index in [1.807, 2.05) is 30.3 Å². The number of aromatic amines is 1. The molecule has 1 saturated heterocycles. The Bertz CT molecular complexity index is 786. The fourth-order valence-electron chi connectivity index (χ4n) is 2.71. The molecule has 0 aliphatic carbocycles. The number of piperazine rings is 1.